The van der Waals surface area contributed by atoms with E-state index in [1.54, 1.807) is 0 Å². The average molecular weight is 197 g/mol. The molecule has 0 bridgehead atoms. The van der Waals surface area contributed by atoms with Gasteiger partial charge in [0.05, 0.1) is 6.07 Å². The first kappa shape index (κ1) is 13.4. The maximum atomic E-state index is 8.90. The third kappa shape index (κ3) is 5.95. The van der Waals surface area contributed by atoms with E-state index in [2.05, 4.69) is 30.1 Å². The van der Waals surface area contributed by atoms with Gasteiger partial charge in [-0.15, -0.1) is 0 Å². The summed E-state index contributed by atoms with van der Waals surface area (Å²) < 4.78 is 0. The molecule has 3 nitrogen and oxygen atoms in total. The monoisotopic (exact) mass is 197 g/mol. The summed E-state index contributed by atoms with van der Waals surface area (Å²) in [5, 5.41) is 12.1. The van der Waals surface area contributed by atoms with Crippen molar-refractivity contribution in [3.05, 3.63) is 0 Å². The van der Waals surface area contributed by atoms with Crippen molar-refractivity contribution in [1.29, 1.82) is 5.26 Å². The Labute approximate surface area is 88.1 Å². The Kier molecular flexibility index (Phi) is 8.61. The second-order valence-electron chi connectivity index (χ2n) is 3.54. The zero-order valence-electron chi connectivity index (χ0n) is 9.71. The van der Waals surface area contributed by atoms with E-state index in [1.807, 2.05) is 6.92 Å². The highest BCUT2D eigenvalue weighted by atomic mass is 15.1. The molecule has 0 saturated heterocycles. The summed E-state index contributed by atoms with van der Waals surface area (Å²) in [7, 11) is 0. The van der Waals surface area contributed by atoms with Crippen LogP contribution in [0.3, 0.4) is 0 Å². The van der Waals surface area contributed by atoms with Crippen LogP contribution in [-0.4, -0.2) is 37.1 Å². The molecule has 1 atom stereocenters. The molecule has 0 aromatic heterocycles. The fraction of sp³-hybridized carbons (Fsp3) is 0.909. The Bertz CT molecular complexity index is 156. The molecule has 0 rings (SSSR count). The Morgan fingerprint density at radius 2 is 1.79 bits per heavy atom. The van der Waals surface area contributed by atoms with E-state index < -0.39 is 0 Å². The van der Waals surface area contributed by atoms with Crippen LogP contribution in [0.15, 0.2) is 0 Å². The number of likely N-dealkylation sites (N-methyl/N-ethyl adjacent to an activating group) is 1. The van der Waals surface area contributed by atoms with Gasteiger partial charge in [-0.1, -0.05) is 20.8 Å². The minimum absolute atomic E-state index is 0.0156. The quantitative estimate of drug-likeness (QED) is 0.642. The van der Waals surface area contributed by atoms with E-state index in [-0.39, 0.29) is 6.04 Å². The normalized spacial score (nSPS) is 12.8. The fourth-order valence-corrected chi connectivity index (χ4v) is 1.58. The van der Waals surface area contributed by atoms with E-state index in [9.17, 15) is 0 Å². The van der Waals surface area contributed by atoms with Gasteiger partial charge in [0.2, 0.25) is 0 Å². The van der Waals surface area contributed by atoms with Crippen LogP contribution < -0.4 is 5.32 Å². The summed E-state index contributed by atoms with van der Waals surface area (Å²) in [6, 6.07) is 2.28. The summed E-state index contributed by atoms with van der Waals surface area (Å²) in [6.07, 6.45) is 2.31. The van der Waals surface area contributed by atoms with E-state index in [0.29, 0.717) is 0 Å². The molecule has 0 aromatic carbocycles. The van der Waals surface area contributed by atoms with Gasteiger partial charge in [0.15, 0.2) is 0 Å². The van der Waals surface area contributed by atoms with Crippen molar-refractivity contribution in [2.75, 3.05) is 26.2 Å². The van der Waals surface area contributed by atoms with Crippen LogP contribution in [0.5, 0.6) is 0 Å². The first-order valence-electron chi connectivity index (χ1n) is 5.63. The van der Waals surface area contributed by atoms with Crippen molar-refractivity contribution in [2.45, 2.75) is 39.7 Å². The first-order valence-corrected chi connectivity index (χ1v) is 5.63. The molecule has 0 heterocycles. The molecule has 0 aromatic rings. The molecule has 0 saturated carbocycles. The van der Waals surface area contributed by atoms with Crippen molar-refractivity contribution < 1.29 is 0 Å². The number of nitrogens with zero attached hydrogens (tertiary/aromatic N) is 2. The Morgan fingerprint density at radius 1 is 1.21 bits per heavy atom. The Balaban J connectivity index is 3.91. The number of rotatable bonds is 8. The van der Waals surface area contributed by atoms with E-state index in [0.717, 1.165) is 39.0 Å². The number of nitriles is 1. The van der Waals surface area contributed by atoms with Crippen LogP contribution in [0.4, 0.5) is 0 Å². The lowest BCUT2D eigenvalue weighted by molar-refractivity contribution is 0.259. The van der Waals surface area contributed by atoms with Crippen molar-refractivity contribution in [2.24, 2.45) is 0 Å². The maximum Gasteiger partial charge on any atom is 0.108 e. The lowest BCUT2D eigenvalue weighted by Crippen LogP contribution is -2.40. The molecular weight excluding hydrogens is 174 g/mol. The largest absolute Gasteiger partial charge is 0.301 e. The second kappa shape index (κ2) is 8.98. The van der Waals surface area contributed by atoms with Gasteiger partial charge in [-0.05, 0) is 32.5 Å². The molecule has 0 radical (unpaired) electrons. The molecule has 3 heteroatoms. The second-order valence-corrected chi connectivity index (χ2v) is 3.54. The number of hydrogen-bond donors (Lipinski definition) is 1. The fourth-order valence-electron chi connectivity index (χ4n) is 1.58. The SMILES string of the molecule is CCCN(CCC)CC(C#N)NCC. The van der Waals surface area contributed by atoms with Crippen molar-refractivity contribution >= 4 is 0 Å². The highest BCUT2D eigenvalue weighted by Gasteiger charge is 2.10. The average Bonchev–Trinajstić information content (AvgIpc) is 2.18. The minimum atomic E-state index is -0.0156. The van der Waals surface area contributed by atoms with Gasteiger partial charge < -0.3 is 10.2 Å². The standard InChI is InChI=1S/C11H23N3/c1-4-7-14(8-5-2)10-11(9-12)13-6-3/h11,13H,4-8,10H2,1-3H3. The maximum absolute atomic E-state index is 8.90. The van der Waals surface area contributed by atoms with Gasteiger partial charge in [0, 0.05) is 6.54 Å². The minimum Gasteiger partial charge on any atom is -0.301 e. The summed E-state index contributed by atoms with van der Waals surface area (Å²) in [5.74, 6) is 0. The van der Waals surface area contributed by atoms with Crippen LogP contribution in [0.1, 0.15) is 33.6 Å². The number of nitrogens with one attached hydrogen (secondary N) is 1. The summed E-state index contributed by atoms with van der Waals surface area (Å²) >= 11 is 0. The number of hydrogen-bond acceptors (Lipinski definition) is 3. The zero-order chi connectivity index (χ0) is 10.8. The van der Waals surface area contributed by atoms with Gasteiger partial charge in [-0.2, -0.15) is 5.26 Å². The lowest BCUT2D eigenvalue weighted by Gasteiger charge is -2.23. The predicted octanol–water partition coefficient (Wildman–Crippen LogP) is 1.61. The molecule has 0 fully saturated rings. The topological polar surface area (TPSA) is 39.1 Å². The summed E-state index contributed by atoms with van der Waals surface area (Å²) in [4.78, 5) is 2.36. The van der Waals surface area contributed by atoms with Crippen molar-refractivity contribution in [3.63, 3.8) is 0 Å². The third-order valence-electron chi connectivity index (χ3n) is 2.13. The van der Waals surface area contributed by atoms with E-state index >= 15 is 0 Å². The van der Waals surface area contributed by atoms with Crippen LogP contribution >= 0.6 is 0 Å². The molecule has 0 aliphatic heterocycles. The van der Waals surface area contributed by atoms with Crippen molar-refractivity contribution in [1.82, 2.24) is 10.2 Å². The Hall–Kier alpha value is -0.590. The highest BCUT2D eigenvalue weighted by molar-refractivity contribution is 4.91. The zero-order valence-corrected chi connectivity index (χ0v) is 9.71. The van der Waals surface area contributed by atoms with Gasteiger partial charge in [0.25, 0.3) is 0 Å². The molecule has 14 heavy (non-hydrogen) atoms. The molecule has 0 amide bonds. The van der Waals surface area contributed by atoms with Crippen molar-refractivity contribution in [3.8, 4) is 6.07 Å². The molecule has 1 N–H and O–H groups in total. The van der Waals surface area contributed by atoms with Crippen LogP contribution in [0, 0.1) is 11.3 Å². The first-order chi connectivity index (χ1) is 6.78. The van der Waals surface area contributed by atoms with E-state index in [4.69, 9.17) is 5.26 Å². The van der Waals surface area contributed by atoms with Gasteiger partial charge in [0.1, 0.15) is 6.04 Å². The van der Waals surface area contributed by atoms with E-state index in [1.165, 1.54) is 0 Å². The van der Waals surface area contributed by atoms with Gasteiger partial charge in [-0.3, -0.25) is 0 Å². The van der Waals surface area contributed by atoms with Crippen LogP contribution in [-0.2, 0) is 0 Å². The molecule has 0 aliphatic rings. The van der Waals surface area contributed by atoms with Gasteiger partial charge in [-0.25, -0.2) is 0 Å². The highest BCUT2D eigenvalue weighted by Crippen LogP contribution is 1.96. The smallest absolute Gasteiger partial charge is 0.108 e. The Morgan fingerprint density at radius 3 is 2.14 bits per heavy atom. The lowest BCUT2D eigenvalue weighted by atomic mass is 10.2. The predicted molar refractivity (Wildman–Crippen MR) is 60.1 cm³/mol. The molecule has 0 aliphatic carbocycles. The third-order valence-corrected chi connectivity index (χ3v) is 2.13. The van der Waals surface area contributed by atoms with Crippen LogP contribution in [0.2, 0.25) is 0 Å². The summed E-state index contributed by atoms with van der Waals surface area (Å²) in [5.41, 5.74) is 0. The summed E-state index contributed by atoms with van der Waals surface area (Å²) in [6.45, 7) is 10.3. The van der Waals surface area contributed by atoms with Crippen LogP contribution in [0.25, 0.3) is 0 Å². The molecule has 1 unspecified atom stereocenters. The molecule has 0 spiro atoms. The molecule has 82 valence electrons. The molecular formula is C11H23N3. The van der Waals surface area contributed by atoms with Gasteiger partial charge >= 0.3 is 0 Å².